The molecule has 0 bridgehead atoms. The molecule has 0 fully saturated rings. The Balaban J connectivity index is 0.000000810. The summed E-state index contributed by atoms with van der Waals surface area (Å²) in [7, 11) is 0. The molecule has 56 valence electrons. The van der Waals surface area contributed by atoms with Crippen LogP contribution in [0.2, 0.25) is 0 Å². The van der Waals surface area contributed by atoms with Gasteiger partial charge in [0.2, 0.25) is 0 Å². The highest BCUT2D eigenvalue weighted by Gasteiger charge is 1.85. The van der Waals surface area contributed by atoms with Gasteiger partial charge in [-0.1, -0.05) is 19.1 Å². The van der Waals surface area contributed by atoms with E-state index < -0.39 is 0 Å². The molecule has 0 aromatic heterocycles. The van der Waals surface area contributed by atoms with Crippen LogP contribution in [0.3, 0.4) is 0 Å². The molecule has 0 aliphatic rings. The zero-order chi connectivity index (χ0) is 6.69. The average molecular weight is 249 g/mol. The van der Waals surface area contributed by atoms with Crippen molar-refractivity contribution in [3.8, 4) is 0 Å². The molecule has 0 unspecified atom stereocenters. The van der Waals surface area contributed by atoms with Gasteiger partial charge in [-0.05, 0) is 46.7 Å². The fraction of sp³-hybridized carbons (Fsp3) is 0.250. The summed E-state index contributed by atoms with van der Waals surface area (Å²) in [4.78, 5) is 0. The predicted octanol–water partition coefficient (Wildman–Crippen LogP) is 3.02. The molecule has 2 heteroatoms. The Morgan fingerprint density at radius 3 is 2.10 bits per heavy atom. The first-order chi connectivity index (χ1) is 4.33. The van der Waals surface area contributed by atoms with Crippen LogP contribution in [0, 0.1) is 3.57 Å². The van der Waals surface area contributed by atoms with Crippen LogP contribution in [0.1, 0.15) is 12.5 Å². The van der Waals surface area contributed by atoms with Gasteiger partial charge < -0.3 is 6.15 Å². The molecular formula is C8H12IN. The van der Waals surface area contributed by atoms with E-state index in [9.17, 15) is 0 Å². The molecule has 0 saturated carbocycles. The zero-order valence-corrected chi connectivity index (χ0v) is 8.26. The second-order valence-electron chi connectivity index (χ2n) is 1.98. The highest BCUT2D eigenvalue weighted by atomic mass is 127. The van der Waals surface area contributed by atoms with E-state index in [1.54, 1.807) is 0 Å². The average Bonchev–Trinajstić information content (AvgIpc) is 1.90. The smallest absolute Gasteiger partial charge is 0.0130 e. The van der Waals surface area contributed by atoms with Crippen LogP contribution in [0.4, 0.5) is 0 Å². The molecular weight excluding hydrogens is 237 g/mol. The topological polar surface area (TPSA) is 35.0 Å². The summed E-state index contributed by atoms with van der Waals surface area (Å²) in [6.07, 6.45) is 1.14. The third-order valence-electron chi connectivity index (χ3n) is 1.32. The first-order valence-electron chi connectivity index (χ1n) is 3.07. The molecule has 0 atom stereocenters. The Morgan fingerprint density at radius 1 is 1.20 bits per heavy atom. The fourth-order valence-electron chi connectivity index (χ4n) is 0.720. The maximum atomic E-state index is 2.31. The van der Waals surface area contributed by atoms with Crippen LogP contribution in [-0.4, -0.2) is 0 Å². The number of hydrogen-bond donors (Lipinski definition) is 1. The molecule has 1 nitrogen and oxygen atoms in total. The van der Waals surface area contributed by atoms with Gasteiger partial charge in [-0.3, -0.25) is 0 Å². The van der Waals surface area contributed by atoms with Crippen molar-refractivity contribution in [1.29, 1.82) is 0 Å². The largest absolute Gasteiger partial charge is 0.344 e. The van der Waals surface area contributed by atoms with Crippen molar-refractivity contribution < 1.29 is 0 Å². The van der Waals surface area contributed by atoms with Crippen LogP contribution in [-0.2, 0) is 6.42 Å². The molecule has 10 heavy (non-hydrogen) atoms. The third-order valence-corrected chi connectivity index (χ3v) is 2.04. The Labute approximate surface area is 75.6 Å². The summed E-state index contributed by atoms with van der Waals surface area (Å²) in [5.41, 5.74) is 1.41. The first kappa shape index (κ1) is 9.91. The molecule has 0 saturated heterocycles. The molecule has 3 N–H and O–H groups in total. The van der Waals surface area contributed by atoms with E-state index in [0.29, 0.717) is 0 Å². The Bertz CT molecular complexity index is 181. The Hall–Kier alpha value is -0.0900. The summed E-state index contributed by atoms with van der Waals surface area (Å²) in [6.45, 7) is 2.17. The molecule has 0 amide bonds. The lowest BCUT2D eigenvalue weighted by Crippen LogP contribution is -1.77. The SMILES string of the molecule is CCc1ccc(I)cc1.N. The van der Waals surface area contributed by atoms with Gasteiger partial charge in [-0.2, -0.15) is 0 Å². The maximum absolute atomic E-state index is 2.31. The highest BCUT2D eigenvalue weighted by molar-refractivity contribution is 14.1. The van der Waals surface area contributed by atoms with Gasteiger partial charge in [0.25, 0.3) is 0 Å². The van der Waals surface area contributed by atoms with Crippen molar-refractivity contribution in [1.82, 2.24) is 6.15 Å². The minimum atomic E-state index is 0. The van der Waals surface area contributed by atoms with E-state index in [2.05, 4.69) is 53.8 Å². The van der Waals surface area contributed by atoms with Crippen molar-refractivity contribution in [3.63, 3.8) is 0 Å². The van der Waals surface area contributed by atoms with E-state index in [-0.39, 0.29) is 6.15 Å². The van der Waals surface area contributed by atoms with E-state index >= 15 is 0 Å². The van der Waals surface area contributed by atoms with Gasteiger partial charge >= 0.3 is 0 Å². The van der Waals surface area contributed by atoms with Gasteiger partial charge in [0.15, 0.2) is 0 Å². The summed E-state index contributed by atoms with van der Waals surface area (Å²) in [5.74, 6) is 0. The molecule has 0 aliphatic carbocycles. The predicted molar refractivity (Wildman–Crippen MR) is 53.6 cm³/mol. The summed E-state index contributed by atoms with van der Waals surface area (Å²) < 4.78 is 1.31. The second-order valence-corrected chi connectivity index (χ2v) is 3.23. The number of benzene rings is 1. The molecule has 0 aliphatic heterocycles. The van der Waals surface area contributed by atoms with Gasteiger partial charge in [0, 0.05) is 3.57 Å². The standard InChI is InChI=1S/C8H9I.H3N/c1-2-7-3-5-8(9)6-4-7;/h3-6H,2H2,1H3;1H3. The van der Waals surface area contributed by atoms with Crippen LogP contribution < -0.4 is 6.15 Å². The third kappa shape index (κ3) is 2.66. The number of halogens is 1. The quantitative estimate of drug-likeness (QED) is 0.763. The van der Waals surface area contributed by atoms with E-state index in [1.807, 2.05) is 0 Å². The van der Waals surface area contributed by atoms with Crippen molar-refractivity contribution in [2.45, 2.75) is 13.3 Å². The van der Waals surface area contributed by atoms with Gasteiger partial charge in [0.1, 0.15) is 0 Å². The lowest BCUT2D eigenvalue weighted by molar-refractivity contribution is 1.14. The van der Waals surface area contributed by atoms with Crippen molar-refractivity contribution in [2.24, 2.45) is 0 Å². The van der Waals surface area contributed by atoms with E-state index in [0.717, 1.165) is 6.42 Å². The minimum absolute atomic E-state index is 0. The number of hydrogen-bond acceptors (Lipinski definition) is 1. The maximum Gasteiger partial charge on any atom is 0.0130 e. The van der Waals surface area contributed by atoms with Crippen LogP contribution in [0.5, 0.6) is 0 Å². The summed E-state index contributed by atoms with van der Waals surface area (Å²) in [5, 5.41) is 0. The first-order valence-corrected chi connectivity index (χ1v) is 4.15. The molecule has 0 spiro atoms. The van der Waals surface area contributed by atoms with Crippen molar-refractivity contribution >= 4 is 22.6 Å². The lowest BCUT2D eigenvalue weighted by atomic mass is 10.2. The van der Waals surface area contributed by atoms with Gasteiger partial charge in [-0.15, -0.1) is 0 Å². The van der Waals surface area contributed by atoms with Crippen LogP contribution in [0.25, 0.3) is 0 Å². The Kier molecular flexibility index (Phi) is 4.64. The van der Waals surface area contributed by atoms with Crippen LogP contribution >= 0.6 is 22.6 Å². The number of rotatable bonds is 1. The monoisotopic (exact) mass is 249 g/mol. The van der Waals surface area contributed by atoms with Crippen molar-refractivity contribution in [2.75, 3.05) is 0 Å². The van der Waals surface area contributed by atoms with Crippen LogP contribution in [0.15, 0.2) is 24.3 Å². The van der Waals surface area contributed by atoms with E-state index in [4.69, 9.17) is 0 Å². The Morgan fingerprint density at radius 2 is 1.70 bits per heavy atom. The van der Waals surface area contributed by atoms with E-state index in [1.165, 1.54) is 9.13 Å². The molecule has 1 aromatic carbocycles. The molecule has 1 aromatic rings. The zero-order valence-electron chi connectivity index (χ0n) is 6.10. The van der Waals surface area contributed by atoms with Gasteiger partial charge in [-0.25, -0.2) is 0 Å². The van der Waals surface area contributed by atoms with Crippen molar-refractivity contribution in [3.05, 3.63) is 33.4 Å². The normalized spacial score (nSPS) is 8.60. The highest BCUT2D eigenvalue weighted by Crippen LogP contribution is 2.06. The molecule has 1 rings (SSSR count). The minimum Gasteiger partial charge on any atom is -0.344 e. The fourth-order valence-corrected chi connectivity index (χ4v) is 1.08. The molecule has 0 radical (unpaired) electrons. The van der Waals surface area contributed by atoms with Gasteiger partial charge in [0.05, 0.1) is 0 Å². The number of aryl methyl sites for hydroxylation is 1. The summed E-state index contributed by atoms with van der Waals surface area (Å²) in [6, 6.07) is 8.61. The molecule has 0 heterocycles. The lowest BCUT2D eigenvalue weighted by Gasteiger charge is -1.93. The summed E-state index contributed by atoms with van der Waals surface area (Å²) >= 11 is 2.31. The second kappa shape index (κ2) is 4.68.